The molecule has 0 aromatic heterocycles. The number of β-amino-alcohol motifs (C(OH)–C–C–N with tert-alkyl or cyclic N) is 1. The summed E-state index contributed by atoms with van der Waals surface area (Å²) in [5.74, 6) is 0.0745. The van der Waals surface area contributed by atoms with E-state index in [2.05, 4.69) is 5.32 Å². The van der Waals surface area contributed by atoms with Crippen LogP contribution in [0.1, 0.15) is 24.5 Å². The molecule has 0 saturated carbocycles. The quantitative estimate of drug-likeness (QED) is 0.868. The van der Waals surface area contributed by atoms with E-state index in [1.165, 1.54) is 12.1 Å². The molecular formula is C14H18F3NO. The van der Waals surface area contributed by atoms with Gasteiger partial charge in [0.25, 0.3) is 0 Å². The van der Waals surface area contributed by atoms with Gasteiger partial charge in [0.2, 0.25) is 0 Å². The summed E-state index contributed by atoms with van der Waals surface area (Å²) in [6.45, 7) is 3.13. The van der Waals surface area contributed by atoms with Gasteiger partial charge in [0, 0.05) is 6.54 Å². The van der Waals surface area contributed by atoms with E-state index in [1.807, 2.05) is 0 Å². The Bertz CT molecular complexity index is 425. The van der Waals surface area contributed by atoms with E-state index in [1.54, 1.807) is 6.92 Å². The highest BCUT2D eigenvalue weighted by Gasteiger charge is 2.34. The fourth-order valence-corrected chi connectivity index (χ4v) is 2.51. The van der Waals surface area contributed by atoms with Crippen LogP contribution in [0.25, 0.3) is 0 Å². The summed E-state index contributed by atoms with van der Waals surface area (Å²) < 4.78 is 37.4. The lowest BCUT2D eigenvalue weighted by atomic mass is 9.79. The van der Waals surface area contributed by atoms with Gasteiger partial charge in [-0.15, -0.1) is 0 Å². The first-order chi connectivity index (χ1) is 8.79. The summed E-state index contributed by atoms with van der Waals surface area (Å²) in [6, 6.07) is 5.21. The van der Waals surface area contributed by atoms with Gasteiger partial charge < -0.3 is 10.4 Å². The average molecular weight is 273 g/mol. The normalized spacial score (nSPS) is 28.4. The Labute approximate surface area is 110 Å². The molecule has 0 radical (unpaired) electrons. The number of piperidine rings is 1. The van der Waals surface area contributed by atoms with Crippen LogP contribution in [0, 0.1) is 5.92 Å². The molecule has 2 nitrogen and oxygen atoms in total. The van der Waals surface area contributed by atoms with Crippen molar-refractivity contribution in [2.24, 2.45) is 5.92 Å². The lowest BCUT2D eigenvalue weighted by molar-refractivity contribution is -0.137. The standard InChI is InChI=1S/C14H18F3NO/c1-13(19)9-18-7-6-12(13)8-10-2-4-11(5-3-10)14(15,16)17/h2-5,12,18-19H,6-9H2,1H3. The third kappa shape index (κ3) is 3.48. The fraction of sp³-hybridized carbons (Fsp3) is 0.571. The molecule has 2 rings (SSSR count). The van der Waals surface area contributed by atoms with Crippen LogP contribution in [-0.4, -0.2) is 23.8 Å². The zero-order valence-electron chi connectivity index (χ0n) is 10.8. The van der Waals surface area contributed by atoms with E-state index in [4.69, 9.17) is 0 Å². The van der Waals surface area contributed by atoms with Crippen LogP contribution in [0.3, 0.4) is 0 Å². The van der Waals surface area contributed by atoms with Crippen molar-refractivity contribution in [1.29, 1.82) is 0 Å². The molecule has 1 aliphatic rings. The van der Waals surface area contributed by atoms with Crippen LogP contribution in [0.2, 0.25) is 0 Å². The van der Waals surface area contributed by atoms with Crippen molar-refractivity contribution in [3.8, 4) is 0 Å². The van der Waals surface area contributed by atoms with Gasteiger partial charge in [-0.25, -0.2) is 0 Å². The number of hydrogen-bond acceptors (Lipinski definition) is 2. The summed E-state index contributed by atoms with van der Waals surface area (Å²) in [4.78, 5) is 0. The zero-order valence-corrected chi connectivity index (χ0v) is 10.8. The third-order valence-corrected chi connectivity index (χ3v) is 3.80. The van der Waals surface area contributed by atoms with Crippen molar-refractivity contribution in [2.45, 2.75) is 31.5 Å². The Morgan fingerprint density at radius 1 is 1.32 bits per heavy atom. The Morgan fingerprint density at radius 2 is 1.95 bits per heavy atom. The smallest absolute Gasteiger partial charge is 0.389 e. The average Bonchev–Trinajstić information content (AvgIpc) is 2.31. The molecular weight excluding hydrogens is 255 g/mol. The molecule has 0 amide bonds. The number of benzene rings is 1. The van der Waals surface area contributed by atoms with Crippen LogP contribution in [0.4, 0.5) is 13.2 Å². The van der Waals surface area contributed by atoms with E-state index < -0.39 is 17.3 Å². The second kappa shape index (κ2) is 5.13. The van der Waals surface area contributed by atoms with Gasteiger partial charge in [-0.1, -0.05) is 12.1 Å². The van der Waals surface area contributed by atoms with Gasteiger partial charge in [-0.3, -0.25) is 0 Å². The van der Waals surface area contributed by atoms with E-state index in [9.17, 15) is 18.3 Å². The van der Waals surface area contributed by atoms with Crippen molar-refractivity contribution < 1.29 is 18.3 Å². The Kier molecular flexibility index (Phi) is 3.87. The molecule has 19 heavy (non-hydrogen) atoms. The van der Waals surface area contributed by atoms with E-state index in [0.29, 0.717) is 13.0 Å². The van der Waals surface area contributed by atoms with Gasteiger partial charge in [0.1, 0.15) is 0 Å². The Hall–Kier alpha value is -1.07. The monoisotopic (exact) mass is 273 g/mol. The molecule has 1 saturated heterocycles. The molecule has 0 aliphatic carbocycles. The lowest BCUT2D eigenvalue weighted by Gasteiger charge is -2.37. The summed E-state index contributed by atoms with van der Waals surface area (Å²) in [5.41, 5.74) is -0.602. The minimum absolute atomic E-state index is 0.0745. The highest BCUT2D eigenvalue weighted by Crippen LogP contribution is 2.31. The minimum Gasteiger partial charge on any atom is -0.389 e. The van der Waals surface area contributed by atoms with Crippen LogP contribution in [0.5, 0.6) is 0 Å². The van der Waals surface area contributed by atoms with Crippen molar-refractivity contribution in [3.05, 3.63) is 35.4 Å². The maximum atomic E-state index is 12.5. The second-order valence-corrected chi connectivity index (χ2v) is 5.42. The SMILES string of the molecule is CC1(O)CNCCC1Cc1ccc(C(F)(F)F)cc1. The molecule has 1 aliphatic heterocycles. The van der Waals surface area contributed by atoms with Gasteiger partial charge >= 0.3 is 6.18 Å². The zero-order chi connectivity index (χ0) is 14.1. The number of hydrogen-bond donors (Lipinski definition) is 2. The first kappa shape index (κ1) is 14.3. The van der Waals surface area contributed by atoms with Crippen LogP contribution in [-0.2, 0) is 12.6 Å². The molecule has 1 aromatic carbocycles. The summed E-state index contributed by atoms with van der Waals surface area (Å²) in [6.07, 6.45) is -2.86. The minimum atomic E-state index is -4.29. The number of halogens is 3. The molecule has 1 heterocycles. The summed E-state index contributed by atoms with van der Waals surface area (Å²) >= 11 is 0. The number of rotatable bonds is 2. The van der Waals surface area contributed by atoms with E-state index in [-0.39, 0.29) is 5.92 Å². The predicted octanol–water partition coefficient (Wildman–Crippen LogP) is 2.61. The maximum Gasteiger partial charge on any atom is 0.416 e. The van der Waals surface area contributed by atoms with Crippen molar-refractivity contribution >= 4 is 0 Å². The molecule has 2 N–H and O–H groups in total. The maximum absolute atomic E-state index is 12.5. The molecule has 2 atom stereocenters. The van der Waals surface area contributed by atoms with Crippen molar-refractivity contribution in [3.63, 3.8) is 0 Å². The summed E-state index contributed by atoms with van der Waals surface area (Å²) in [5, 5.41) is 13.4. The van der Waals surface area contributed by atoms with Crippen LogP contribution in [0.15, 0.2) is 24.3 Å². The Morgan fingerprint density at radius 3 is 2.47 bits per heavy atom. The molecule has 1 fully saturated rings. The fourth-order valence-electron chi connectivity index (χ4n) is 2.51. The van der Waals surface area contributed by atoms with Crippen molar-refractivity contribution in [1.82, 2.24) is 5.32 Å². The Balaban J connectivity index is 2.07. The predicted molar refractivity (Wildman–Crippen MR) is 66.7 cm³/mol. The van der Waals surface area contributed by atoms with Gasteiger partial charge in [-0.2, -0.15) is 13.2 Å². The summed E-state index contributed by atoms with van der Waals surface area (Å²) in [7, 11) is 0. The van der Waals surface area contributed by atoms with Gasteiger partial charge in [0.15, 0.2) is 0 Å². The molecule has 0 bridgehead atoms. The van der Waals surface area contributed by atoms with Gasteiger partial charge in [-0.05, 0) is 49.9 Å². The van der Waals surface area contributed by atoms with Gasteiger partial charge in [0.05, 0.1) is 11.2 Å². The molecule has 106 valence electrons. The molecule has 5 heteroatoms. The number of nitrogens with one attached hydrogen (secondary N) is 1. The van der Waals surface area contributed by atoms with E-state index >= 15 is 0 Å². The van der Waals surface area contributed by atoms with Crippen LogP contribution >= 0.6 is 0 Å². The number of aliphatic hydroxyl groups is 1. The van der Waals surface area contributed by atoms with Crippen molar-refractivity contribution in [2.75, 3.05) is 13.1 Å². The highest BCUT2D eigenvalue weighted by molar-refractivity contribution is 5.25. The molecule has 1 aromatic rings. The largest absolute Gasteiger partial charge is 0.416 e. The second-order valence-electron chi connectivity index (χ2n) is 5.42. The topological polar surface area (TPSA) is 32.3 Å². The number of alkyl halides is 3. The highest BCUT2D eigenvalue weighted by atomic mass is 19.4. The molecule has 0 spiro atoms. The molecule has 2 unspecified atom stereocenters. The van der Waals surface area contributed by atoms with Crippen LogP contribution < -0.4 is 5.32 Å². The van der Waals surface area contributed by atoms with E-state index in [0.717, 1.165) is 30.7 Å². The first-order valence-electron chi connectivity index (χ1n) is 6.38. The third-order valence-electron chi connectivity index (χ3n) is 3.80. The lowest BCUT2D eigenvalue weighted by Crippen LogP contribution is -2.50. The first-order valence-corrected chi connectivity index (χ1v) is 6.38.